The van der Waals surface area contributed by atoms with Gasteiger partial charge >= 0.3 is 5.97 Å². The molecule has 0 aromatic carbocycles. The summed E-state index contributed by atoms with van der Waals surface area (Å²) < 4.78 is 0. The number of carboxylic acid groups (broad SMARTS) is 1. The third-order valence-electron chi connectivity index (χ3n) is 3.13. The molecule has 2 atom stereocenters. The highest BCUT2D eigenvalue weighted by molar-refractivity contribution is 5.72. The van der Waals surface area contributed by atoms with Crippen LogP contribution in [0.2, 0.25) is 0 Å². The van der Waals surface area contributed by atoms with Crippen LogP contribution in [0.4, 0.5) is 0 Å². The fraction of sp³-hybridized carbons (Fsp3) is 0.875. The normalized spacial score (nSPS) is 39.5. The number of hydrazine groups is 2. The molecular weight excluding hydrogens is 170 g/mol. The van der Waals surface area contributed by atoms with E-state index in [0.717, 1.165) is 25.7 Å². The van der Waals surface area contributed by atoms with Gasteiger partial charge in [0.05, 0.1) is 11.5 Å². The Morgan fingerprint density at radius 3 is 2.92 bits per heavy atom. The molecule has 1 aliphatic heterocycles. The topological polar surface area (TPSA) is 73.4 Å². The van der Waals surface area contributed by atoms with E-state index in [1.165, 1.54) is 0 Å². The average Bonchev–Trinajstić information content (AvgIpc) is 2.54. The summed E-state index contributed by atoms with van der Waals surface area (Å²) in [5.74, 6) is -0.943. The molecule has 0 bridgehead atoms. The van der Waals surface area contributed by atoms with Crippen molar-refractivity contribution in [1.82, 2.24) is 16.4 Å². The van der Waals surface area contributed by atoms with E-state index in [1.807, 2.05) is 0 Å². The smallest absolute Gasteiger partial charge is 0.308 e. The Morgan fingerprint density at radius 1 is 1.46 bits per heavy atom. The van der Waals surface area contributed by atoms with Crippen LogP contribution in [0.1, 0.15) is 25.7 Å². The summed E-state index contributed by atoms with van der Waals surface area (Å²) in [5, 5.41) is 9.07. The molecule has 0 amide bonds. The minimum absolute atomic E-state index is 0.260. The van der Waals surface area contributed by atoms with Crippen LogP contribution < -0.4 is 16.4 Å². The zero-order valence-corrected chi connectivity index (χ0v) is 7.47. The highest BCUT2D eigenvalue weighted by atomic mass is 16.4. The quantitative estimate of drug-likeness (QED) is 0.448. The van der Waals surface area contributed by atoms with Crippen LogP contribution in [-0.2, 0) is 4.79 Å². The van der Waals surface area contributed by atoms with Crippen LogP contribution in [0.15, 0.2) is 0 Å². The molecule has 0 aromatic rings. The lowest BCUT2D eigenvalue weighted by atomic mass is 9.73. The molecule has 13 heavy (non-hydrogen) atoms. The molecule has 74 valence electrons. The Morgan fingerprint density at radius 2 is 2.31 bits per heavy atom. The molecule has 4 N–H and O–H groups in total. The van der Waals surface area contributed by atoms with Crippen LogP contribution in [-0.4, -0.2) is 23.2 Å². The van der Waals surface area contributed by atoms with Gasteiger partial charge in [-0.1, -0.05) is 12.8 Å². The van der Waals surface area contributed by atoms with Gasteiger partial charge in [-0.25, -0.2) is 10.9 Å². The lowest BCUT2D eigenvalue weighted by Gasteiger charge is -2.37. The van der Waals surface area contributed by atoms with Crippen molar-refractivity contribution >= 4 is 5.97 Å². The van der Waals surface area contributed by atoms with Crippen molar-refractivity contribution in [3.63, 3.8) is 0 Å². The van der Waals surface area contributed by atoms with Gasteiger partial charge in [-0.3, -0.25) is 4.79 Å². The average molecular weight is 185 g/mol. The third kappa shape index (κ3) is 1.43. The van der Waals surface area contributed by atoms with Gasteiger partial charge in [-0.05, 0) is 12.8 Å². The van der Waals surface area contributed by atoms with Crippen molar-refractivity contribution in [1.29, 1.82) is 0 Å². The summed E-state index contributed by atoms with van der Waals surface area (Å²) in [6.45, 7) is 0.698. The number of hydrogen-bond donors (Lipinski definition) is 4. The maximum absolute atomic E-state index is 11.0. The largest absolute Gasteiger partial charge is 0.481 e. The van der Waals surface area contributed by atoms with Gasteiger partial charge in [0.25, 0.3) is 0 Å². The molecule has 1 spiro atoms. The Kier molecular flexibility index (Phi) is 2.23. The first-order chi connectivity index (χ1) is 6.25. The molecule has 1 saturated carbocycles. The Labute approximate surface area is 76.8 Å². The summed E-state index contributed by atoms with van der Waals surface area (Å²) in [6.07, 6.45) is 3.86. The van der Waals surface area contributed by atoms with Gasteiger partial charge in [0.2, 0.25) is 0 Å². The number of aliphatic carboxylic acids is 1. The van der Waals surface area contributed by atoms with Gasteiger partial charge in [0.1, 0.15) is 0 Å². The number of nitrogens with one attached hydrogen (secondary N) is 3. The molecular formula is C8H15N3O2. The van der Waals surface area contributed by atoms with Crippen molar-refractivity contribution in [3.05, 3.63) is 0 Å². The Bertz CT molecular complexity index is 213. The van der Waals surface area contributed by atoms with Crippen molar-refractivity contribution in [2.45, 2.75) is 31.2 Å². The molecule has 0 aromatic heterocycles. The maximum Gasteiger partial charge on any atom is 0.308 e. The molecule has 1 saturated heterocycles. The van der Waals surface area contributed by atoms with E-state index in [-0.39, 0.29) is 11.5 Å². The van der Waals surface area contributed by atoms with Crippen LogP contribution in [0.25, 0.3) is 0 Å². The molecule has 2 rings (SSSR count). The lowest BCUT2D eigenvalue weighted by molar-refractivity contribution is -0.145. The van der Waals surface area contributed by atoms with Crippen molar-refractivity contribution < 1.29 is 9.90 Å². The van der Waals surface area contributed by atoms with Gasteiger partial charge in [-0.15, -0.1) is 0 Å². The molecule has 2 unspecified atom stereocenters. The monoisotopic (exact) mass is 185 g/mol. The molecule has 1 aliphatic carbocycles. The summed E-state index contributed by atoms with van der Waals surface area (Å²) >= 11 is 0. The van der Waals surface area contributed by atoms with E-state index in [4.69, 9.17) is 5.11 Å². The van der Waals surface area contributed by atoms with Crippen LogP contribution >= 0.6 is 0 Å². The number of carboxylic acids is 1. The van der Waals surface area contributed by atoms with E-state index in [2.05, 4.69) is 16.4 Å². The molecule has 5 heteroatoms. The van der Waals surface area contributed by atoms with Crippen molar-refractivity contribution in [2.75, 3.05) is 6.54 Å². The first-order valence-corrected chi connectivity index (χ1v) is 4.72. The van der Waals surface area contributed by atoms with E-state index >= 15 is 0 Å². The molecule has 1 heterocycles. The van der Waals surface area contributed by atoms with Gasteiger partial charge in [0, 0.05) is 6.54 Å². The predicted octanol–water partition coefficient (Wildman–Crippen LogP) is -0.388. The second-order valence-electron chi connectivity index (χ2n) is 3.90. The number of carbonyl (C=O) groups is 1. The Hall–Kier alpha value is -0.650. The second-order valence-corrected chi connectivity index (χ2v) is 3.90. The summed E-state index contributed by atoms with van der Waals surface area (Å²) in [6, 6.07) is 0. The van der Waals surface area contributed by atoms with E-state index in [0.29, 0.717) is 6.54 Å². The highest BCUT2D eigenvalue weighted by Crippen LogP contribution is 2.34. The first-order valence-electron chi connectivity index (χ1n) is 4.72. The summed E-state index contributed by atoms with van der Waals surface area (Å²) in [7, 11) is 0. The first kappa shape index (κ1) is 8.93. The number of rotatable bonds is 1. The predicted molar refractivity (Wildman–Crippen MR) is 46.6 cm³/mol. The van der Waals surface area contributed by atoms with E-state index in [9.17, 15) is 4.79 Å². The summed E-state index contributed by atoms with van der Waals surface area (Å²) in [5.41, 5.74) is 8.55. The SMILES string of the molecule is O=C(O)C1CCCCC12CNNN2. The minimum Gasteiger partial charge on any atom is -0.481 e. The van der Waals surface area contributed by atoms with Gasteiger partial charge < -0.3 is 5.11 Å². The van der Waals surface area contributed by atoms with Crippen molar-refractivity contribution in [3.8, 4) is 0 Å². The Balaban J connectivity index is 2.16. The van der Waals surface area contributed by atoms with E-state index < -0.39 is 5.97 Å². The molecule has 0 radical (unpaired) electrons. The summed E-state index contributed by atoms with van der Waals surface area (Å²) in [4.78, 5) is 11.0. The maximum atomic E-state index is 11.0. The number of hydrogen-bond acceptors (Lipinski definition) is 4. The second kappa shape index (κ2) is 3.25. The van der Waals surface area contributed by atoms with E-state index in [1.54, 1.807) is 0 Å². The van der Waals surface area contributed by atoms with Crippen LogP contribution in [0.3, 0.4) is 0 Å². The van der Waals surface area contributed by atoms with Crippen LogP contribution in [0, 0.1) is 5.92 Å². The lowest BCUT2D eigenvalue weighted by Crippen LogP contribution is -2.55. The fourth-order valence-electron chi connectivity index (χ4n) is 2.38. The molecule has 5 nitrogen and oxygen atoms in total. The molecule has 2 aliphatic rings. The van der Waals surface area contributed by atoms with Gasteiger partial charge in [0.15, 0.2) is 0 Å². The molecule has 2 fully saturated rings. The highest BCUT2D eigenvalue weighted by Gasteiger charge is 2.46. The van der Waals surface area contributed by atoms with Gasteiger partial charge in [-0.2, -0.15) is 5.53 Å². The standard InChI is InChI=1S/C8H15N3O2/c12-7(13)6-3-1-2-4-8(6)5-9-11-10-8/h6,9-11H,1-5H2,(H,12,13). The van der Waals surface area contributed by atoms with Crippen molar-refractivity contribution in [2.24, 2.45) is 5.92 Å². The fourth-order valence-corrected chi connectivity index (χ4v) is 2.38. The zero-order chi connectivity index (χ0) is 9.31. The minimum atomic E-state index is -0.683. The van der Waals surface area contributed by atoms with Crippen LogP contribution in [0.5, 0.6) is 0 Å². The zero-order valence-electron chi connectivity index (χ0n) is 7.47. The third-order valence-corrected chi connectivity index (χ3v) is 3.13.